The van der Waals surface area contributed by atoms with Crippen LogP contribution in [0.4, 0.5) is 4.79 Å². The van der Waals surface area contributed by atoms with Crippen LogP contribution in [0.3, 0.4) is 0 Å². The van der Waals surface area contributed by atoms with Gasteiger partial charge in [0.25, 0.3) is 0 Å². The molecule has 3 fully saturated rings. The van der Waals surface area contributed by atoms with Crippen LogP contribution in [0.15, 0.2) is 24.3 Å². The zero-order valence-corrected chi connectivity index (χ0v) is 16.5. The number of fused-ring (bicyclic) bond motifs is 4. The van der Waals surface area contributed by atoms with Gasteiger partial charge in [0.05, 0.1) is 0 Å². The zero-order valence-electron chi connectivity index (χ0n) is 16.5. The maximum atomic E-state index is 13.3. The summed E-state index contributed by atoms with van der Waals surface area (Å²) >= 11 is 0. The second-order valence-electron chi connectivity index (χ2n) is 8.93. The molecule has 5 nitrogen and oxygen atoms in total. The normalized spacial score (nSPS) is 31.8. The minimum atomic E-state index is 0.301. The van der Waals surface area contributed by atoms with Gasteiger partial charge in [0.2, 0.25) is 0 Å². The molecule has 27 heavy (non-hydrogen) atoms. The monoisotopic (exact) mass is 368 g/mol. The maximum Gasteiger partial charge on any atom is 0.320 e. The minimum Gasteiger partial charge on any atom is -0.322 e. The van der Waals surface area contributed by atoms with Gasteiger partial charge in [0, 0.05) is 57.9 Å². The lowest BCUT2D eigenvalue weighted by Crippen LogP contribution is -2.61. The molecule has 3 unspecified atom stereocenters. The predicted octanol–water partition coefficient (Wildman–Crippen LogP) is 2.44. The molecule has 3 atom stereocenters. The largest absolute Gasteiger partial charge is 0.322 e. The van der Waals surface area contributed by atoms with Crippen molar-refractivity contribution in [1.82, 2.24) is 19.6 Å². The highest BCUT2D eigenvalue weighted by molar-refractivity contribution is 5.75. The summed E-state index contributed by atoms with van der Waals surface area (Å²) in [7, 11) is 2.15. The van der Waals surface area contributed by atoms with Crippen molar-refractivity contribution in [2.75, 3.05) is 52.9 Å². The van der Waals surface area contributed by atoms with Gasteiger partial charge in [-0.1, -0.05) is 24.3 Å². The van der Waals surface area contributed by atoms with Crippen molar-refractivity contribution in [2.24, 2.45) is 5.92 Å². The number of carbonyl (C=O) groups excluding carboxylic acids is 1. The molecule has 4 aliphatic heterocycles. The Labute approximate surface area is 162 Å². The van der Waals surface area contributed by atoms with Crippen molar-refractivity contribution in [3.63, 3.8) is 0 Å². The van der Waals surface area contributed by atoms with Crippen LogP contribution in [0.2, 0.25) is 0 Å². The quantitative estimate of drug-likeness (QED) is 0.705. The van der Waals surface area contributed by atoms with E-state index in [0.29, 0.717) is 24.0 Å². The Bertz CT molecular complexity index is 699. The molecule has 0 spiro atoms. The van der Waals surface area contributed by atoms with E-state index >= 15 is 0 Å². The summed E-state index contributed by atoms with van der Waals surface area (Å²) in [6.45, 7) is 7.03. The molecule has 3 saturated heterocycles. The highest BCUT2D eigenvalue weighted by Crippen LogP contribution is 2.43. The van der Waals surface area contributed by atoms with Crippen molar-refractivity contribution in [2.45, 2.75) is 37.8 Å². The molecule has 0 bridgehead atoms. The molecule has 5 heteroatoms. The second kappa shape index (κ2) is 7.10. The number of carbonyl (C=O) groups is 1. The minimum absolute atomic E-state index is 0.301. The van der Waals surface area contributed by atoms with E-state index in [1.807, 2.05) is 0 Å². The number of likely N-dealkylation sites (N-methyl/N-ethyl adjacent to an activating group) is 1. The zero-order chi connectivity index (χ0) is 18.4. The van der Waals surface area contributed by atoms with E-state index in [1.54, 1.807) is 0 Å². The van der Waals surface area contributed by atoms with Crippen LogP contribution in [0.25, 0.3) is 0 Å². The molecule has 0 aromatic heterocycles. The highest BCUT2D eigenvalue weighted by Gasteiger charge is 2.44. The summed E-state index contributed by atoms with van der Waals surface area (Å²) in [4.78, 5) is 22.7. The molecule has 4 heterocycles. The number of likely N-dealkylation sites (tertiary alicyclic amines) is 1. The van der Waals surface area contributed by atoms with Gasteiger partial charge in [-0.2, -0.15) is 0 Å². The lowest BCUT2D eigenvalue weighted by Gasteiger charge is -2.53. The molecular formula is C22H32N4O. The molecule has 1 aromatic rings. The fourth-order valence-electron chi connectivity index (χ4n) is 5.81. The van der Waals surface area contributed by atoms with Crippen molar-refractivity contribution < 1.29 is 4.79 Å². The van der Waals surface area contributed by atoms with Crippen LogP contribution in [-0.4, -0.2) is 84.5 Å². The Morgan fingerprint density at radius 1 is 1.04 bits per heavy atom. The fourth-order valence-corrected chi connectivity index (χ4v) is 5.81. The Morgan fingerprint density at radius 3 is 2.70 bits per heavy atom. The Hall–Kier alpha value is -1.59. The van der Waals surface area contributed by atoms with Crippen molar-refractivity contribution >= 4 is 6.03 Å². The number of piperidine rings is 2. The van der Waals surface area contributed by atoms with Gasteiger partial charge in [0.1, 0.15) is 0 Å². The van der Waals surface area contributed by atoms with E-state index < -0.39 is 0 Å². The fraction of sp³-hybridized carbons (Fsp3) is 0.682. The number of urea groups is 1. The average Bonchev–Trinajstić information content (AvgIpc) is 2.72. The standard InChI is InChI=1S/C22H32N4O/c1-23-11-13-24(14-12-23)22(27)26-9-4-6-18-16-25-10-8-17-5-2-3-7-19(17)21(25)15-20(18)26/h2-3,5,7,18,20-21H,4,6,8-16H2,1H3. The van der Waals surface area contributed by atoms with Crippen molar-refractivity contribution in [3.05, 3.63) is 35.4 Å². The third-order valence-electron chi connectivity index (χ3n) is 7.39. The Balaban J connectivity index is 1.37. The number of hydrogen-bond acceptors (Lipinski definition) is 3. The van der Waals surface area contributed by atoms with Crippen molar-refractivity contribution in [3.8, 4) is 0 Å². The van der Waals surface area contributed by atoms with Crippen LogP contribution in [0.5, 0.6) is 0 Å². The van der Waals surface area contributed by atoms with Gasteiger partial charge < -0.3 is 14.7 Å². The smallest absolute Gasteiger partial charge is 0.320 e. The van der Waals surface area contributed by atoms with E-state index in [2.05, 4.69) is 50.9 Å². The summed E-state index contributed by atoms with van der Waals surface area (Å²) in [5.74, 6) is 0.650. The van der Waals surface area contributed by atoms with Gasteiger partial charge in [-0.05, 0) is 49.8 Å². The SMILES string of the molecule is CN1CCN(C(=O)N2CCCC3CN4CCc5ccccc5C4CC32)CC1. The topological polar surface area (TPSA) is 30.0 Å². The van der Waals surface area contributed by atoms with E-state index in [-0.39, 0.29) is 0 Å². The first-order valence-corrected chi connectivity index (χ1v) is 10.8. The summed E-state index contributed by atoms with van der Waals surface area (Å²) in [5.41, 5.74) is 3.03. The molecule has 5 rings (SSSR count). The summed E-state index contributed by atoms with van der Waals surface area (Å²) in [5, 5.41) is 0. The van der Waals surface area contributed by atoms with Gasteiger partial charge in [-0.15, -0.1) is 0 Å². The van der Waals surface area contributed by atoms with Crippen LogP contribution in [0.1, 0.15) is 36.4 Å². The number of nitrogens with zero attached hydrogens (tertiary/aromatic N) is 4. The number of benzene rings is 1. The summed E-state index contributed by atoms with van der Waals surface area (Å²) in [6.07, 6.45) is 4.73. The van der Waals surface area contributed by atoms with E-state index in [4.69, 9.17) is 0 Å². The first-order valence-electron chi connectivity index (χ1n) is 10.8. The van der Waals surface area contributed by atoms with Crippen LogP contribution in [0, 0.1) is 5.92 Å². The number of rotatable bonds is 0. The highest BCUT2D eigenvalue weighted by atomic mass is 16.2. The van der Waals surface area contributed by atoms with Crippen LogP contribution in [-0.2, 0) is 6.42 Å². The molecule has 0 N–H and O–H groups in total. The number of amides is 2. The summed E-state index contributed by atoms with van der Waals surface area (Å²) in [6, 6.07) is 10.2. The third-order valence-corrected chi connectivity index (χ3v) is 7.39. The van der Waals surface area contributed by atoms with Crippen LogP contribution < -0.4 is 0 Å². The third kappa shape index (κ3) is 3.15. The van der Waals surface area contributed by atoms with Gasteiger partial charge in [0.15, 0.2) is 0 Å². The number of piperazine rings is 1. The molecule has 146 valence electrons. The summed E-state index contributed by atoms with van der Waals surface area (Å²) < 4.78 is 0. The van der Waals surface area contributed by atoms with Crippen LogP contribution >= 0.6 is 0 Å². The van der Waals surface area contributed by atoms with Crippen molar-refractivity contribution in [1.29, 1.82) is 0 Å². The predicted molar refractivity (Wildman–Crippen MR) is 107 cm³/mol. The average molecular weight is 369 g/mol. The molecular weight excluding hydrogens is 336 g/mol. The Morgan fingerprint density at radius 2 is 1.85 bits per heavy atom. The number of hydrogen-bond donors (Lipinski definition) is 0. The first-order chi connectivity index (χ1) is 13.2. The first kappa shape index (κ1) is 17.5. The van der Waals surface area contributed by atoms with E-state index in [1.165, 1.54) is 30.5 Å². The van der Waals surface area contributed by atoms with E-state index in [0.717, 1.165) is 52.1 Å². The lowest BCUT2D eigenvalue weighted by molar-refractivity contribution is -0.00358. The molecule has 1 aromatic carbocycles. The molecule has 4 aliphatic rings. The van der Waals surface area contributed by atoms with Gasteiger partial charge in [-0.25, -0.2) is 4.79 Å². The van der Waals surface area contributed by atoms with E-state index in [9.17, 15) is 4.79 Å². The molecule has 0 saturated carbocycles. The molecule has 2 amide bonds. The molecule has 0 radical (unpaired) electrons. The second-order valence-corrected chi connectivity index (χ2v) is 8.93. The Kier molecular flexibility index (Phi) is 4.60. The maximum absolute atomic E-state index is 13.3. The van der Waals surface area contributed by atoms with Gasteiger partial charge in [-0.3, -0.25) is 4.90 Å². The van der Waals surface area contributed by atoms with Gasteiger partial charge >= 0.3 is 6.03 Å². The molecule has 0 aliphatic carbocycles. The lowest BCUT2D eigenvalue weighted by atomic mass is 9.77.